The van der Waals surface area contributed by atoms with Crippen LogP contribution in [0.3, 0.4) is 0 Å². The highest BCUT2D eigenvalue weighted by atomic mass is 35.5. The third-order valence-electron chi connectivity index (χ3n) is 2.40. The maximum Gasteiger partial charge on any atom is 0.189 e. The minimum Gasteiger partial charge on any atom is -0.361 e. The molecule has 0 radical (unpaired) electrons. The standard InChI is InChI=1S/C13H19ClN4S2/c1-9(2)7-8-15-12(19)17-18-13(20)16-11-5-3-10(14)4-6-11/h3-6,9H,7-8H2,1-2H3,(H2,15,17,19)(H2,16,18,20). The van der Waals surface area contributed by atoms with Crippen molar-refractivity contribution in [1.29, 1.82) is 0 Å². The van der Waals surface area contributed by atoms with Gasteiger partial charge in [-0.25, -0.2) is 0 Å². The zero-order valence-electron chi connectivity index (χ0n) is 11.5. The molecule has 0 aromatic heterocycles. The number of hydrogen-bond donors (Lipinski definition) is 4. The van der Waals surface area contributed by atoms with E-state index in [-0.39, 0.29) is 0 Å². The van der Waals surface area contributed by atoms with Gasteiger partial charge in [0.2, 0.25) is 0 Å². The van der Waals surface area contributed by atoms with E-state index in [1.165, 1.54) is 0 Å². The van der Waals surface area contributed by atoms with Crippen molar-refractivity contribution in [2.24, 2.45) is 5.92 Å². The van der Waals surface area contributed by atoms with Crippen molar-refractivity contribution in [3.05, 3.63) is 29.3 Å². The van der Waals surface area contributed by atoms with Crippen molar-refractivity contribution in [2.75, 3.05) is 11.9 Å². The number of halogens is 1. The monoisotopic (exact) mass is 330 g/mol. The van der Waals surface area contributed by atoms with E-state index in [4.69, 9.17) is 36.0 Å². The van der Waals surface area contributed by atoms with Crippen LogP contribution in [-0.4, -0.2) is 16.8 Å². The van der Waals surface area contributed by atoms with Crippen LogP contribution < -0.4 is 21.5 Å². The van der Waals surface area contributed by atoms with E-state index in [0.29, 0.717) is 21.2 Å². The smallest absolute Gasteiger partial charge is 0.189 e. The van der Waals surface area contributed by atoms with Crippen LogP contribution in [0.25, 0.3) is 0 Å². The van der Waals surface area contributed by atoms with Gasteiger partial charge in [-0.1, -0.05) is 25.4 Å². The molecule has 0 unspecified atom stereocenters. The summed E-state index contributed by atoms with van der Waals surface area (Å²) in [5.74, 6) is 0.644. The summed E-state index contributed by atoms with van der Waals surface area (Å²) in [5, 5.41) is 7.74. The third-order valence-corrected chi connectivity index (χ3v) is 3.10. The predicted octanol–water partition coefficient (Wildman–Crippen LogP) is 3.05. The summed E-state index contributed by atoms with van der Waals surface area (Å²) in [6.45, 7) is 5.17. The van der Waals surface area contributed by atoms with Crippen LogP contribution in [0.1, 0.15) is 20.3 Å². The molecule has 1 aromatic carbocycles. The molecule has 0 aliphatic heterocycles. The Morgan fingerprint density at radius 2 is 1.70 bits per heavy atom. The second-order valence-electron chi connectivity index (χ2n) is 4.65. The maximum atomic E-state index is 5.81. The lowest BCUT2D eigenvalue weighted by Gasteiger charge is -2.14. The summed E-state index contributed by atoms with van der Waals surface area (Å²) in [6.07, 6.45) is 1.06. The molecule has 0 saturated carbocycles. The van der Waals surface area contributed by atoms with Crippen LogP contribution in [0.4, 0.5) is 5.69 Å². The molecular weight excluding hydrogens is 312 g/mol. The van der Waals surface area contributed by atoms with E-state index in [1.54, 1.807) is 12.1 Å². The molecule has 0 aliphatic carbocycles. The van der Waals surface area contributed by atoms with Gasteiger partial charge in [-0.05, 0) is 61.0 Å². The lowest BCUT2D eigenvalue weighted by atomic mass is 10.1. The quantitative estimate of drug-likeness (QED) is 0.503. The summed E-state index contributed by atoms with van der Waals surface area (Å²) in [7, 11) is 0. The molecule has 0 heterocycles. The topological polar surface area (TPSA) is 48.1 Å². The SMILES string of the molecule is CC(C)CCNC(=S)NNC(=S)Nc1ccc(Cl)cc1. The highest BCUT2D eigenvalue weighted by Crippen LogP contribution is 2.12. The first-order valence-corrected chi connectivity index (χ1v) is 7.53. The van der Waals surface area contributed by atoms with Crippen molar-refractivity contribution in [3.8, 4) is 0 Å². The molecule has 110 valence electrons. The first-order chi connectivity index (χ1) is 9.47. The largest absolute Gasteiger partial charge is 0.361 e. The Bertz CT molecular complexity index is 448. The van der Waals surface area contributed by atoms with E-state index < -0.39 is 0 Å². The molecule has 7 heteroatoms. The predicted molar refractivity (Wildman–Crippen MR) is 94.0 cm³/mol. The second-order valence-corrected chi connectivity index (χ2v) is 5.90. The van der Waals surface area contributed by atoms with E-state index in [9.17, 15) is 0 Å². The normalized spacial score (nSPS) is 10.0. The Morgan fingerprint density at radius 3 is 2.30 bits per heavy atom. The molecule has 4 nitrogen and oxygen atoms in total. The number of hydrazine groups is 1. The van der Waals surface area contributed by atoms with Gasteiger partial charge in [0.1, 0.15) is 0 Å². The molecular formula is C13H19ClN4S2. The first-order valence-electron chi connectivity index (χ1n) is 6.34. The van der Waals surface area contributed by atoms with Crippen LogP contribution in [0.2, 0.25) is 5.02 Å². The van der Waals surface area contributed by atoms with Crippen LogP contribution in [0.15, 0.2) is 24.3 Å². The summed E-state index contributed by atoms with van der Waals surface area (Å²) >= 11 is 16.1. The number of hydrogen-bond acceptors (Lipinski definition) is 2. The fourth-order valence-corrected chi connectivity index (χ4v) is 1.78. The Morgan fingerprint density at radius 1 is 1.10 bits per heavy atom. The molecule has 0 fully saturated rings. The van der Waals surface area contributed by atoms with Crippen LogP contribution in [-0.2, 0) is 0 Å². The molecule has 0 amide bonds. The lowest BCUT2D eigenvalue weighted by molar-refractivity contribution is 0.575. The van der Waals surface area contributed by atoms with Gasteiger partial charge in [0.25, 0.3) is 0 Å². The number of benzene rings is 1. The van der Waals surface area contributed by atoms with Crippen molar-refractivity contribution < 1.29 is 0 Å². The highest BCUT2D eigenvalue weighted by Gasteiger charge is 1.99. The van der Waals surface area contributed by atoms with E-state index >= 15 is 0 Å². The average molecular weight is 331 g/mol. The zero-order valence-corrected chi connectivity index (χ0v) is 13.9. The molecule has 1 aromatic rings. The molecule has 1 rings (SSSR count). The van der Waals surface area contributed by atoms with Gasteiger partial charge in [0.15, 0.2) is 10.2 Å². The van der Waals surface area contributed by atoms with E-state index in [1.807, 2.05) is 12.1 Å². The Balaban J connectivity index is 2.22. The zero-order chi connectivity index (χ0) is 15.0. The summed E-state index contributed by atoms with van der Waals surface area (Å²) < 4.78 is 0. The Labute approximate surface area is 135 Å². The van der Waals surface area contributed by atoms with Gasteiger partial charge in [0, 0.05) is 17.3 Å². The summed E-state index contributed by atoms with van der Waals surface area (Å²) in [4.78, 5) is 0. The van der Waals surface area contributed by atoms with Gasteiger partial charge < -0.3 is 10.6 Å². The van der Waals surface area contributed by atoms with Crippen LogP contribution in [0.5, 0.6) is 0 Å². The van der Waals surface area contributed by atoms with E-state index in [2.05, 4.69) is 35.3 Å². The van der Waals surface area contributed by atoms with Crippen LogP contribution in [0, 0.1) is 5.92 Å². The number of thiocarbonyl (C=S) groups is 2. The molecule has 0 spiro atoms. The molecule has 0 bridgehead atoms. The molecule has 0 aliphatic rings. The van der Waals surface area contributed by atoms with Gasteiger partial charge in [-0.15, -0.1) is 0 Å². The molecule has 0 saturated heterocycles. The third kappa shape index (κ3) is 7.47. The van der Waals surface area contributed by atoms with Crippen molar-refractivity contribution in [3.63, 3.8) is 0 Å². The fourth-order valence-electron chi connectivity index (χ4n) is 1.33. The Hall–Kier alpha value is -1.11. The first kappa shape index (κ1) is 16.9. The number of nitrogens with one attached hydrogen (secondary N) is 4. The highest BCUT2D eigenvalue weighted by molar-refractivity contribution is 7.80. The van der Waals surface area contributed by atoms with Gasteiger partial charge in [-0.2, -0.15) is 0 Å². The Kier molecular flexibility index (Phi) is 7.58. The fraction of sp³-hybridized carbons (Fsp3) is 0.385. The molecule has 4 N–H and O–H groups in total. The van der Waals surface area contributed by atoms with Gasteiger partial charge in [0.05, 0.1) is 0 Å². The number of anilines is 1. The minimum atomic E-state index is 0.431. The van der Waals surface area contributed by atoms with Crippen molar-refractivity contribution in [2.45, 2.75) is 20.3 Å². The molecule has 0 atom stereocenters. The average Bonchev–Trinajstić information content (AvgIpc) is 2.39. The maximum absolute atomic E-state index is 5.81. The second kappa shape index (κ2) is 8.94. The summed E-state index contributed by atoms with van der Waals surface area (Å²) in [5.41, 5.74) is 6.50. The lowest BCUT2D eigenvalue weighted by Crippen LogP contribution is -2.48. The van der Waals surface area contributed by atoms with Crippen LogP contribution >= 0.6 is 36.0 Å². The summed E-state index contributed by atoms with van der Waals surface area (Å²) in [6, 6.07) is 7.26. The van der Waals surface area contributed by atoms with Crippen molar-refractivity contribution >= 4 is 51.9 Å². The minimum absolute atomic E-state index is 0.431. The molecule has 20 heavy (non-hydrogen) atoms. The van der Waals surface area contributed by atoms with Gasteiger partial charge in [-0.3, -0.25) is 10.9 Å². The van der Waals surface area contributed by atoms with Crippen molar-refractivity contribution in [1.82, 2.24) is 16.2 Å². The van der Waals surface area contributed by atoms with E-state index in [0.717, 1.165) is 18.7 Å². The number of rotatable bonds is 4. The van der Waals surface area contributed by atoms with Gasteiger partial charge >= 0.3 is 0 Å².